The molecular formula is C10H16N2OS. The smallest absolute Gasteiger partial charge is 0.0797 e. The van der Waals surface area contributed by atoms with E-state index in [2.05, 4.69) is 17.2 Å². The number of hydrogen-bond acceptors (Lipinski definition) is 4. The number of rotatable bonds is 4. The van der Waals surface area contributed by atoms with Crippen LogP contribution in [0.5, 0.6) is 0 Å². The van der Waals surface area contributed by atoms with E-state index in [0.29, 0.717) is 6.04 Å². The van der Waals surface area contributed by atoms with Crippen molar-refractivity contribution >= 4 is 11.3 Å². The molecule has 0 radical (unpaired) electrons. The SMILES string of the molecule is Cc1ncsc1CCNC1CC(O)C1. The molecule has 0 aliphatic heterocycles. The van der Waals surface area contributed by atoms with Crippen LogP contribution < -0.4 is 5.32 Å². The highest BCUT2D eigenvalue weighted by Gasteiger charge is 2.26. The minimum absolute atomic E-state index is 0.0577. The molecule has 4 heteroatoms. The second-order valence-electron chi connectivity index (χ2n) is 3.89. The van der Waals surface area contributed by atoms with Gasteiger partial charge in [0, 0.05) is 17.5 Å². The van der Waals surface area contributed by atoms with Gasteiger partial charge in [-0.15, -0.1) is 11.3 Å². The molecule has 0 bridgehead atoms. The van der Waals surface area contributed by atoms with E-state index in [4.69, 9.17) is 5.11 Å². The molecule has 0 unspecified atom stereocenters. The van der Waals surface area contributed by atoms with Gasteiger partial charge in [0.05, 0.1) is 17.3 Å². The van der Waals surface area contributed by atoms with E-state index in [1.54, 1.807) is 11.3 Å². The maximum absolute atomic E-state index is 9.10. The zero-order valence-electron chi connectivity index (χ0n) is 8.36. The predicted octanol–water partition coefficient (Wildman–Crippen LogP) is 1.11. The van der Waals surface area contributed by atoms with Crippen molar-refractivity contribution in [2.24, 2.45) is 0 Å². The molecule has 0 saturated heterocycles. The standard InChI is InChI=1S/C10H16N2OS/c1-7-10(14-6-12-7)2-3-11-8-4-9(13)5-8/h6,8-9,11,13H,2-5H2,1H3. The number of aliphatic hydroxyl groups excluding tert-OH is 1. The Labute approximate surface area is 88.2 Å². The number of nitrogens with zero attached hydrogens (tertiary/aromatic N) is 1. The first-order valence-corrected chi connectivity index (χ1v) is 5.94. The molecule has 3 nitrogen and oxygen atoms in total. The van der Waals surface area contributed by atoms with E-state index >= 15 is 0 Å². The highest BCUT2D eigenvalue weighted by molar-refractivity contribution is 7.09. The van der Waals surface area contributed by atoms with Crippen molar-refractivity contribution in [1.82, 2.24) is 10.3 Å². The minimum atomic E-state index is -0.0577. The largest absolute Gasteiger partial charge is 0.393 e. The molecular weight excluding hydrogens is 196 g/mol. The number of hydrogen-bond donors (Lipinski definition) is 2. The summed E-state index contributed by atoms with van der Waals surface area (Å²) >= 11 is 1.73. The Morgan fingerprint density at radius 2 is 2.43 bits per heavy atom. The van der Waals surface area contributed by atoms with E-state index < -0.39 is 0 Å². The first-order chi connectivity index (χ1) is 6.75. The van der Waals surface area contributed by atoms with Gasteiger partial charge in [0.25, 0.3) is 0 Å². The van der Waals surface area contributed by atoms with Crippen LogP contribution in [0.4, 0.5) is 0 Å². The second kappa shape index (κ2) is 4.38. The average Bonchev–Trinajstić information content (AvgIpc) is 2.49. The Kier molecular flexibility index (Phi) is 3.15. The maximum atomic E-state index is 9.10. The number of aryl methyl sites for hydroxylation is 1. The summed E-state index contributed by atoms with van der Waals surface area (Å²) in [4.78, 5) is 5.58. The highest BCUT2D eigenvalue weighted by Crippen LogP contribution is 2.19. The summed E-state index contributed by atoms with van der Waals surface area (Å²) in [6, 6.07) is 0.540. The van der Waals surface area contributed by atoms with Crippen molar-refractivity contribution in [3.63, 3.8) is 0 Å². The van der Waals surface area contributed by atoms with Crippen LogP contribution in [0.1, 0.15) is 23.4 Å². The van der Waals surface area contributed by atoms with E-state index in [9.17, 15) is 0 Å². The average molecular weight is 212 g/mol. The molecule has 1 saturated carbocycles. The molecule has 0 amide bonds. The maximum Gasteiger partial charge on any atom is 0.0797 e. The molecule has 0 atom stereocenters. The summed E-state index contributed by atoms with van der Waals surface area (Å²) in [5, 5.41) is 12.5. The Morgan fingerprint density at radius 1 is 1.64 bits per heavy atom. The second-order valence-corrected chi connectivity index (χ2v) is 4.83. The molecule has 2 N–H and O–H groups in total. The summed E-state index contributed by atoms with van der Waals surface area (Å²) in [5.41, 5.74) is 3.06. The molecule has 1 heterocycles. The molecule has 1 aliphatic rings. The fraction of sp³-hybridized carbons (Fsp3) is 0.700. The molecule has 1 fully saturated rings. The van der Waals surface area contributed by atoms with Crippen LogP contribution in [-0.2, 0) is 6.42 Å². The van der Waals surface area contributed by atoms with E-state index in [1.165, 1.54) is 4.88 Å². The van der Waals surface area contributed by atoms with Crippen LogP contribution in [0.15, 0.2) is 5.51 Å². The lowest BCUT2D eigenvalue weighted by Crippen LogP contribution is -2.44. The van der Waals surface area contributed by atoms with Crippen LogP contribution in [0, 0.1) is 6.92 Å². The summed E-state index contributed by atoms with van der Waals surface area (Å²) in [5.74, 6) is 0. The van der Waals surface area contributed by atoms with Crippen molar-refractivity contribution in [1.29, 1.82) is 0 Å². The summed E-state index contributed by atoms with van der Waals surface area (Å²) < 4.78 is 0. The number of aromatic nitrogens is 1. The van der Waals surface area contributed by atoms with Gasteiger partial charge in [0.1, 0.15) is 0 Å². The lowest BCUT2D eigenvalue weighted by Gasteiger charge is -2.32. The fourth-order valence-electron chi connectivity index (χ4n) is 1.71. The lowest BCUT2D eigenvalue weighted by molar-refractivity contribution is 0.0629. The van der Waals surface area contributed by atoms with Gasteiger partial charge in [-0.1, -0.05) is 0 Å². The molecule has 2 rings (SSSR count). The molecule has 14 heavy (non-hydrogen) atoms. The van der Waals surface area contributed by atoms with Crippen molar-refractivity contribution < 1.29 is 5.11 Å². The number of thiazole rings is 1. The van der Waals surface area contributed by atoms with Crippen molar-refractivity contribution in [2.45, 2.75) is 38.3 Å². The van der Waals surface area contributed by atoms with Gasteiger partial charge in [-0.25, -0.2) is 4.98 Å². The first-order valence-electron chi connectivity index (χ1n) is 5.06. The Bertz CT molecular complexity index is 294. The molecule has 1 aliphatic carbocycles. The van der Waals surface area contributed by atoms with Gasteiger partial charge in [0.15, 0.2) is 0 Å². The van der Waals surface area contributed by atoms with Gasteiger partial charge in [-0.05, 0) is 26.2 Å². The number of nitrogens with one attached hydrogen (secondary N) is 1. The molecule has 78 valence electrons. The van der Waals surface area contributed by atoms with Crippen LogP contribution in [0.3, 0.4) is 0 Å². The van der Waals surface area contributed by atoms with Gasteiger partial charge in [0.2, 0.25) is 0 Å². The van der Waals surface area contributed by atoms with Gasteiger partial charge in [-0.2, -0.15) is 0 Å². The topological polar surface area (TPSA) is 45.2 Å². The molecule has 0 aromatic carbocycles. The zero-order valence-corrected chi connectivity index (χ0v) is 9.18. The zero-order chi connectivity index (χ0) is 9.97. The van der Waals surface area contributed by atoms with E-state index in [-0.39, 0.29) is 6.10 Å². The van der Waals surface area contributed by atoms with Crippen molar-refractivity contribution in [2.75, 3.05) is 6.54 Å². The van der Waals surface area contributed by atoms with Crippen molar-refractivity contribution in [3.8, 4) is 0 Å². The highest BCUT2D eigenvalue weighted by atomic mass is 32.1. The quantitative estimate of drug-likeness (QED) is 0.786. The normalized spacial score (nSPS) is 26.1. The summed E-state index contributed by atoms with van der Waals surface area (Å²) in [6.07, 6.45) is 2.84. The van der Waals surface area contributed by atoms with E-state index in [0.717, 1.165) is 31.5 Å². The Hall–Kier alpha value is -0.450. The number of aliphatic hydroxyl groups is 1. The lowest BCUT2D eigenvalue weighted by atomic mass is 9.89. The first kappa shape index (κ1) is 10.1. The third-order valence-corrected chi connectivity index (χ3v) is 3.74. The monoisotopic (exact) mass is 212 g/mol. The van der Waals surface area contributed by atoms with Crippen LogP contribution in [-0.4, -0.2) is 28.8 Å². The molecule has 1 aromatic rings. The van der Waals surface area contributed by atoms with Crippen LogP contribution >= 0.6 is 11.3 Å². The van der Waals surface area contributed by atoms with Gasteiger partial charge in [-0.3, -0.25) is 0 Å². The Morgan fingerprint density at radius 3 is 3.00 bits per heavy atom. The van der Waals surface area contributed by atoms with Gasteiger partial charge >= 0.3 is 0 Å². The fourth-order valence-corrected chi connectivity index (χ4v) is 2.49. The van der Waals surface area contributed by atoms with E-state index in [1.807, 2.05) is 5.51 Å². The van der Waals surface area contributed by atoms with Crippen molar-refractivity contribution in [3.05, 3.63) is 16.1 Å². The molecule has 1 aromatic heterocycles. The Balaban J connectivity index is 1.66. The van der Waals surface area contributed by atoms with Gasteiger partial charge < -0.3 is 10.4 Å². The van der Waals surface area contributed by atoms with Crippen LogP contribution in [0.25, 0.3) is 0 Å². The summed E-state index contributed by atoms with van der Waals surface area (Å²) in [6.45, 7) is 3.05. The predicted molar refractivity (Wildman–Crippen MR) is 57.6 cm³/mol. The summed E-state index contributed by atoms with van der Waals surface area (Å²) in [7, 11) is 0. The third-order valence-electron chi connectivity index (χ3n) is 2.74. The minimum Gasteiger partial charge on any atom is -0.393 e. The molecule has 0 spiro atoms. The third kappa shape index (κ3) is 2.32. The van der Waals surface area contributed by atoms with Crippen LogP contribution in [0.2, 0.25) is 0 Å².